The van der Waals surface area contributed by atoms with Crippen LogP contribution >= 0.6 is 15.9 Å². The molecule has 3 nitrogen and oxygen atoms in total. The molecule has 2 rings (SSSR count). The van der Waals surface area contributed by atoms with E-state index in [-0.39, 0.29) is 23.7 Å². The lowest BCUT2D eigenvalue weighted by Crippen LogP contribution is -2.53. The summed E-state index contributed by atoms with van der Waals surface area (Å²) in [6.45, 7) is 2.43. The molecule has 1 fully saturated rings. The van der Waals surface area contributed by atoms with Crippen molar-refractivity contribution in [1.29, 1.82) is 0 Å². The summed E-state index contributed by atoms with van der Waals surface area (Å²) in [7, 11) is 0. The van der Waals surface area contributed by atoms with Crippen molar-refractivity contribution >= 4 is 21.8 Å². The van der Waals surface area contributed by atoms with E-state index in [1.807, 2.05) is 6.92 Å². The second-order valence-corrected chi connectivity index (χ2v) is 6.22. The Morgan fingerprint density at radius 3 is 2.79 bits per heavy atom. The summed E-state index contributed by atoms with van der Waals surface area (Å²) < 4.78 is 13.5. The van der Waals surface area contributed by atoms with Gasteiger partial charge in [0.2, 0.25) is 5.91 Å². The molecule has 1 aliphatic carbocycles. The number of nitrogens with one attached hydrogen (secondary N) is 1. The Balaban J connectivity index is 1.98. The molecule has 1 unspecified atom stereocenters. The van der Waals surface area contributed by atoms with Crippen LogP contribution in [-0.2, 0) is 11.2 Å². The number of rotatable bonds is 5. The first kappa shape index (κ1) is 14.5. The van der Waals surface area contributed by atoms with E-state index in [1.54, 1.807) is 12.1 Å². The molecular formula is C14H18BrFN2O. The predicted octanol–water partition coefficient (Wildman–Crippen LogP) is 2.37. The van der Waals surface area contributed by atoms with Crippen LogP contribution in [0.1, 0.15) is 25.3 Å². The number of benzene rings is 1. The summed E-state index contributed by atoms with van der Waals surface area (Å²) >= 11 is 3.12. The maximum absolute atomic E-state index is 13.1. The third kappa shape index (κ3) is 3.54. The topological polar surface area (TPSA) is 55.1 Å². The van der Waals surface area contributed by atoms with E-state index >= 15 is 0 Å². The lowest BCUT2D eigenvalue weighted by Gasteiger charge is -2.29. The molecule has 0 radical (unpaired) electrons. The minimum atomic E-state index is -0.325. The molecule has 3 N–H and O–H groups in total. The van der Waals surface area contributed by atoms with Crippen molar-refractivity contribution in [1.82, 2.24) is 5.32 Å². The van der Waals surface area contributed by atoms with Gasteiger partial charge in [-0.05, 0) is 59.3 Å². The van der Waals surface area contributed by atoms with Crippen LogP contribution < -0.4 is 11.1 Å². The molecule has 1 aromatic carbocycles. The number of carbonyl (C=O) groups excluding carboxylic acids is 1. The number of hydrogen-bond donors (Lipinski definition) is 2. The normalized spacial score (nSPS) is 17.9. The highest BCUT2D eigenvalue weighted by atomic mass is 79.9. The van der Waals surface area contributed by atoms with Gasteiger partial charge in [-0.3, -0.25) is 4.79 Å². The number of halogens is 2. The van der Waals surface area contributed by atoms with Crippen molar-refractivity contribution < 1.29 is 9.18 Å². The molecular weight excluding hydrogens is 311 g/mol. The highest BCUT2D eigenvalue weighted by Crippen LogP contribution is 2.38. The van der Waals surface area contributed by atoms with Gasteiger partial charge in [0.05, 0.1) is 16.4 Å². The van der Waals surface area contributed by atoms with Crippen LogP contribution in [0.2, 0.25) is 0 Å². The number of hydrogen-bond acceptors (Lipinski definition) is 2. The van der Waals surface area contributed by atoms with E-state index in [4.69, 9.17) is 5.73 Å². The highest BCUT2D eigenvalue weighted by Gasteiger charge is 2.41. The summed E-state index contributed by atoms with van der Waals surface area (Å²) in [5, 5.41) is 3.01. The van der Waals surface area contributed by atoms with Gasteiger partial charge in [-0.25, -0.2) is 4.39 Å². The standard InChI is InChI=1S/C14H18BrFN2O/c1-14(8-17,10-3-4-10)18-13(19)7-9-2-5-12(16)11(15)6-9/h2,5-6,10H,3-4,7-8,17H2,1H3,(H,18,19). The van der Waals surface area contributed by atoms with E-state index in [1.165, 1.54) is 6.07 Å². The first-order valence-electron chi connectivity index (χ1n) is 6.39. The molecule has 0 saturated heterocycles. The van der Waals surface area contributed by atoms with Crippen molar-refractivity contribution in [2.45, 2.75) is 31.7 Å². The Labute approximate surface area is 120 Å². The van der Waals surface area contributed by atoms with Crippen LogP contribution in [-0.4, -0.2) is 18.0 Å². The molecule has 0 bridgehead atoms. The van der Waals surface area contributed by atoms with Crippen LogP contribution in [0.5, 0.6) is 0 Å². The fraction of sp³-hybridized carbons (Fsp3) is 0.500. The Morgan fingerprint density at radius 1 is 1.58 bits per heavy atom. The maximum atomic E-state index is 13.1. The smallest absolute Gasteiger partial charge is 0.224 e. The van der Waals surface area contributed by atoms with Crippen molar-refractivity contribution in [2.75, 3.05) is 6.54 Å². The van der Waals surface area contributed by atoms with Crippen LogP contribution in [0.4, 0.5) is 4.39 Å². The molecule has 1 saturated carbocycles. The quantitative estimate of drug-likeness (QED) is 0.871. The van der Waals surface area contributed by atoms with Gasteiger partial charge >= 0.3 is 0 Å². The van der Waals surface area contributed by atoms with Crippen LogP contribution in [0, 0.1) is 11.7 Å². The molecule has 1 amide bonds. The predicted molar refractivity (Wildman–Crippen MR) is 76.1 cm³/mol. The largest absolute Gasteiger partial charge is 0.349 e. The fourth-order valence-corrected chi connectivity index (χ4v) is 2.66. The minimum absolute atomic E-state index is 0.0710. The summed E-state index contributed by atoms with van der Waals surface area (Å²) in [6, 6.07) is 4.61. The lowest BCUT2D eigenvalue weighted by molar-refractivity contribution is -0.122. The maximum Gasteiger partial charge on any atom is 0.224 e. The zero-order valence-corrected chi connectivity index (χ0v) is 12.5. The molecule has 1 atom stereocenters. The van der Waals surface area contributed by atoms with Gasteiger partial charge in [0.25, 0.3) is 0 Å². The second kappa shape index (κ2) is 5.59. The van der Waals surface area contributed by atoms with E-state index in [2.05, 4.69) is 21.2 Å². The van der Waals surface area contributed by atoms with Gasteiger partial charge in [-0.2, -0.15) is 0 Å². The van der Waals surface area contributed by atoms with Gasteiger partial charge in [0.15, 0.2) is 0 Å². The van der Waals surface area contributed by atoms with Gasteiger partial charge in [-0.15, -0.1) is 0 Å². The molecule has 5 heteroatoms. The minimum Gasteiger partial charge on any atom is -0.349 e. The zero-order chi connectivity index (χ0) is 14.0. The van der Waals surface area contributed by atoms with Gasteiger partial charge in [0, 0.05) is 6.54 Å². The van der Waals surface area contributed by atoms with Gasteiger partial charge < -0.3 is 11.1 Å². The van der Waals surface area contributed by atoms with Crippen molar-refractivity contribution in [3.05, 3.63) is 34.1 Å². The molecule has 19 heavy (non-hydrogen) atoms. The molecule has 0 aliphatic heterocycles. The van der Waals surface area contributed by atoms with Crippen molar-refractivity contribution in [2.24, 2.45) is 11.7 Å². The van der Waals surface area contributed by atoms with Crippen molar-refractivity contribution in [3.63, 3.8) is 0 Å². The van der Waals surface area contributed by atoms with Crippen LogP contribution in [0.15, 0.2) is 22.7 Å². The van der Waals surface area contributed by atoms with Crippen molar-refractivity contribution in [3.8, 4) is 0 Å². The Bertz CT molecular complexity index is 490. The van der Waals surface area contributed by atoms with E-state index in [0.717, 1.165) is 18.4 Å². The summed E-state index contributed by atoms with van der Waals surface area (Å²) in [5.74, 6) is 0.0914. The Morgan fingerprint density at radius 2 is 2.26 bits per heavy atom. The van der Waals surface area contributed by atoms with Crippen LogP contribution in [0.3, 0.4) is 0 Å². The lowest BCUT2D eigenvalue weighted by atomic mass is 9.95. The van der Waals surface area contributed by atoms with Crippen LogP contribution in [0.25, 0.3) is 0 Å². The monoisotopic (exact) mass is 328 g/mol. The number of amides is 1. The summed E-state index contributed by atoms with van der Waals surface area (Å²) in [5.41, 5.74) is 6.23. The third-order valence-electron chi connectivity index (χ3n) is 3.68. The first-order valence-corrected chi connectivity index (χ1v) is 7.19. The average Bonchev–Trinajstić information content (AvgIpc) is 3.18. The molecule has 0 aromatic heterocycles. The summed E-state index contributed by atoms with van der Waals surface area (Å²) in [4.78, 5) is 12.0. The van der Waals surface area contributed by atoms with E-state index in [9.17, 15) is 9.18 Å². The molecule has 1 aromatic rings. The number of carbonyl (C=O) groups is 1. The second-order valence-electron chi connectivity index (χ2n) is 5.37. The Kier molecular flexibility index (Phi) is 4.26. The number of nitrogens with two attached hydrogens (primary N) is 1. The third-order valence-corrected chi connectivity index (χ3v) is 4.28. The Hall–Kier alpha value is -0.940. The highest BCUT2D eigenvalue weighted by molar-refractivity contribution is 9.10. The van der Waals surface area contributed by atoms with Gasteiger partial charge in [0.1, 0.15) is 5.82 Å². The average molecular weight is 329 g/mol. The fourth-order valence-electron chi connectivity index (χ4n) is 2.24. The molecule has 0 spiro atoms. The first-order chi connectivity index (χ1) is 8.94. The SMILES string of the molecule is CC(CN)(NC(=O)Cc1ccc(F)c(Br)c1)C1CC1. The van der Waals surface area contributed by atoms with Gasteiger partial charge in [-0.1, -0.05) is 6.07 Å². The van der Waals surface area contributed by atoms with E-state index in [0.29, 0.717) is 16.9 Å². The zero-order valence-electron chi connectivity index (χ0n) is 10.9. The molecule has 1 aliphatic rings. The summed E-state index contributed by atoms with van der Waals surface area (Å²) in [6.07, 6.45) is 2.48. The molecule has 0 heterocycles. The molecule has 104 valence electrons. The van der Waals surface area contributed by atoms with E-state index < -0.39 is 0 Å².